The molecule has 256 valence electrons. The van der Waals surface area contributed by atoms with E-state index in [1.165, 1.54) is 44.1 Å². The molecule has 2 aromatic heterocycles. The molecule has 6 aromatic carbocycles. The Morgan fingerprint density at radius 1 is 0.491 bits per heavy atom. The Balaban J connectivity index is 1.05. The highest BCUT2D eigenvalue weighted by atomic mass is 16.3. The summed E-state index contributed by atoms with van der Waals surface area (Å²) in [6, 6.07) is 48.7. The molecule has 0 saturated heterocycles. The molecule has 0 N–H and O–H groups in total. The number of benzene rings is 6. The van der Waals surface area contributed by atoms with Crippen LogP contribution in [0.1, 0.15) is 45.5 Å². The first-order valence-electron chi connectivity index (χ1n) is 19.6. The average molecular weight is 687 g/mol. The summed E-state index contributed by atoms with van der Waals surface area (Å²) in [5, 5.41) is 2.13. The molecule has 0 atom stereocenters. The summed E-state index contributed by atoms with van der Waals surface area (Å²) in [6.45, 7) is 0. The van der Waals surface area contributed by atoms with E-state index >= 15 is 0 Å². The average Bonchev–Trinajstić information content (AvgIpc) is 3.59. The van der Waals surface area contributed by atoms with Crippen LogP contribution in [0.2, 0.25) is 0 Å². The van der Waals surface area contributed by atoms with Crippen LogP contribution < -0.4 is 0 Å². The van der Waals surface area contributed by atoms with Crippen molar-refractivity contribution in [1.29, 1.82) is 0 Å². The van der Waals surface area contributed by atoms with E-state index in [1.54, 1.807) is 0 Å². The molecular formula is C49H39N3O. The number of aromatic nitrogens is 3. The van der Waals surface area contributed by atoms with Crippen molar-refractivity contribution in [2.45, 2.75) is 43.9 Å². The van der Waals surface area contributed by atoms with E-state index in [9.17, 15) is 0 Å². The van der Waals surface area contributed by atoms with Gasteiger partial charge in [-0.25, -0.2) is 15.0 Å². The summed E-state index contributed by atoms with van der Waals surface area (Å²) in [7, 11) is 0. The summed E-state index contributed by atoms with van der Waals surface area (Å²) in [5.41, 5.74) is 10.7. The molecule has 4 nitrogen and oxygen atoms in total. The molecule has 4 heteroatoms. The Bertz CT molecular complexity index is 2650. The lowest BCUT2D eigenvalue weighted by molar-refractivity contribution is -0.00518. The first kappa shape index (κ1) is 29.7. The van der Waals surface area contributed by atoms with E-state index in [4.69, 9.17) is 20.7 Å². The minimum atomic E-state index is 0.351. The quantitative estimate of drug-likeness (QED) is 0.175. The van der Waals surface area contributed by atoms with Crippen molar-refractivity contribution < 1.29 is 5.79 Å². The highest BCUT2D eigenvalue weighted by molar-refractivity contribution is 6.11. The molecule has 0 radical (unpaired) electrons. The number of fused-ring (bicyclic) bond motifs is 3. The molecule has 0 unspecified atom stereocenters. The fraction of sp³-hybridized carbons (Fsp3) is 0.204. The zero-order chi connectivity index (χ0) is 35.8. The number of nitrogens with zero attached hydrogens (tertiary/aromatic N) is 3. The summed E-state index contributed by atoms with van der Waals surface area (Å²) in [5.74, 6) is 4.59. The fourth-order valence-corrected chi connectivity index (χ4v) is 10.4. The van der Waals surface area contributed by atoms with Gasteiger partial charge in [0.05, 0.1) is 1.37 Å². The molecule has 12 rings (SSSR count). The molecule has 4 aliphatic rings. The Morgan fingerprint density at radius 3 is 1.70 bits per heavy atom. The SMILES string of the molecule is [2H]c1ccc(-c2ccc(-c3nc(-c4ccccc4)nc(-c4cc(-c5ccc(C67CC8CC(CC(C8)C6)C7)cc5)c5oc6ccccc6c5c4)n3)cc2)cc1. The number of rotatable bonds is 6. The van der Waals surface area contributed by atoms with E-state index in [1.807, 2.05) is 60.7 Å². The second-order valence-corrected chi connectivity index (χ2v) is 15.8. The van der Waals surface area contributed by atoms with Crippen LogP contribution in [0.5, 0.6) is 0 Å². The summed E-state index contributed by atoms with van der Waals surface area (Å²) in [6.07, 6.45) is 8.42. The van der Waals surface area contributed by atoms with E-state index in [0.717, 1.165) is 78.6 Å². The summed E-state index contributed by atoms with van der Waals surface area (Å²) >= 11 is 0. The zero-order valence-corrected chi connectivity index (χ0v) is 29.5. The van der Waals surface area contributed by atoms with E-state index < -0.39 is 0 Å². The minimum absolute atomic E-state index is 0.351. The van der Waals surface area contributed by atoms with Gasteiger partial charge >= 0.3 is 0 Å². The molecule has 4 bridgehead atoms. The number of hydrogen-bond donors (Lipinski definition) is 0. The molecule has 4 aliphatic carbocycles. The zero-order valence-electron chi connectivity index (χ0n) is 30.5. The maximum absolute atomic E-state index is 7.87. The number of furan rings is 1. The molecule has 4 fully saturated rings. The lowest BCUT2D eigenvalue weighted by Gasteiger charge is -2.57. The van der Waals surface area contributed by atoms with Crippen LogP contribution in [-0.2, 0) is 5.41 Å². The molecule has 53 heavy (non-hydrogen) atoms. The van der Waals surface area contributed by atoms with Gasteiger partial charge in [-0.2, -0.15) is 0 Å². The van der Waals surface area contributed by atoms with Crippen LogP contribution in [0.4, 0.5) is 0 Å². The van der Waals surface area contributed by atoms with Gasteiger partial charge in [0.25, 0.3) is 0 Å². The molecule has 0 amide bonds. The second kappa shape index (κ2) is 12.1. The van der Waals surface area contributed by atoms with Gasteiger partial charge in [0.2, 0.25) is 0 Å². The highest BCUT2D eigenvalue weighted by Crippen LogP contribution is 2.60. The van der Waals surface area contributed by atoms with Gasteiger partial charge < -0.3 is 4.42 Å². The van der Waals surface area contributed by atoms with Gasteiger partial charge in [0.15, 0.2) is 17.5 Å². The van der Waals surface area contributed by atoms with Crippen LogP contribution in [0.3, 0.4) is 0 Å². The van der Waals surface area contributed by atoms with Gasteiger partial charge in [-0.3, -0.25) is 0 Å². The van der Waals surface area contributed by atoms with Gasteiger partial charge in [-0.15, -0.1) is 0 Å². The fourth-order valence-electron chi connectivity index (χ4n) is 10.4. The number of hydrogen-bond acceptors (Lipinski definition) is 4. The lowest BCUT2D eigenvalue weighted by atomic mass is 9.48. The van der Waals surface area contributed by atoms with Gasteiger partial charge in [-0.1, -0.05) is 127 Å². The molecule has 0 aliphatic heterocycles. The van der Waals surface area contributed by atoms with E-state index in [2.05, 4.69) is 78.9 Å². The Hall–Kier alpha value is -5.87. The van der Waals surface area contributed by atoms with Crippen LogP contribution in [0, 0.1) is 17.8 Å². The van der Waals surface area contributed by atoms with Crippen LogP contribution in [0.25, 0.3) is 78.4 Å². The van der Waals surface area contributed by atoms with Crippen molar-refractivity contribution in [2.24, 2.45) is 17.8 Å². The third-order valence-corrected chi connectivity index (χ3v) is 12.4. The second-order valence-electron chi connectivity index (χ2n) is 15.8. The summed E-state index contributed by atoms with van der Waals surface area (Å²) < 4.78 is 14.5. The van der Waals surface area contributed by atoms with Crippen molar-refractivity contribution in [3.05, 3.63) is 151 Å². The van der Waals surface area contributed by atoms with Crippen molar-refractivity contribution in [2.75, 3.05) is 0 Å². The third-order valence-electron chi connectivity index (χ3n) is 12.4. The van der Waals surface area contributed by atoms with Gasteiger partial charge in [0.1, 0.15) is 11.2 Å². The van der Waals surface area contributed by atoms with Crippen molar-refractivity contribution in [1.82, 2.24) is 15.0 Å². The van der Waals surface area contributed by atoms with E-state index in [-0.39, 0.29) is 0 Å². The predicted octanol–water partition coefficient (Wildman–Crippen LogP) is 12.6. The molecule has 4 saturated carbocycles. The molecule has 8 aromatic rings. The summed E-state index contributed by atoms with van der Waals surface area (Å²) in [4.78, 5) is 15.3. The van der Waals surface area contributed by atoms with Crippen molar-refractivity contribution in [3.8, 4) is 56.4 Å². The predicted molar refractivity (Wildman–Crippen MR) is 214 cm³/mol. The Kier molecular flexibility index (Phi) is 6.77. The smallest absolute Gasteiger partial charge is 0.164 e. The maximum Gasteiger partial charge on any atom is 0.164 e. The Labute approximate surface area is 311 Å². The normalized spacial score (nSPS) is 22.0. The first-order valence-corrected chi connectivity index (χ1v) is 19.1. The first-order chi connectivity index (χ1) is 26.5. The maximum atomic E-state index is 7.87. The largest absolute Gasteiger partial charge is 0.455 e. The highest BCUT2D eigenvalue weighted by Gasteiger charge is 2.51. The molecule has 0 spiro atoms. The van der Waals surface area contributed by atoms with Crippen molar-refractivity contribution in [3.63, 3.8) is 0 Å². The lowest BCUT2D eigenvalue weighted by Crippen LogP contribution is -2.48. The van der Waals surface area contributed by atoms with Crippen LogP contribution in [-0.4, -0.2) is 15.0 Å². The molecular weight excluding hydrogens is 647 g/mol. The van der Waals surface area contributed by atoms with E-state index in [0.29, 0.717) is 28.9 Å². The monoisotopic (exact) mass is 686 g/mol. The minimum Gasteiger partial charge on any atom is -0.455 e. The van der Waals surface area contributed by atoms with Crippen LogP contribution in [0.15, 0.2) is 150 Å². The van der Waals surface area contributed by atoms with Crippen LogP contribution >= 0.6 is 0 Å². The third kappa shape index (κ3) is 5.31. The molecule has 2 heterocycles. The topological polar surface area (TPSA) is 51.8 Å². The van der Waals surface area contributed by atoms with Gasteiger partial charge in [0, 0.05) is 33.0 Å². The standard InChI is InChI=1S/C49H39N3O/c1-3-9-34(10-4-1)35-15-17-38(18-16-35)47-50-46(37-11-5-2-6-12-37)51-48(52-47)39-26-42(45-43(27-39)41-13-7-8-14-44(41)53-45)36-19-21-40(22-20-36)49-28-31-23-32(29-49)25-33(24-31)30-49/h1-22,26-27,31-33H,23-25,28-30H2/i1D. The van der Waals surface area contributed by atoms with Crippen molar-refractivity contribution >= 4 is 21.9 Å². The number of para-hydroxylation sites is 1. The Morgan fingerprint density at radius 2 is 1.02 bits per heavy atom. The van der Waals surface area contributed by atoms with Gasteiger partial charge in [-0.05, 0) is 102 Å².